The van der Waals surface area contributed by atoms with Gasteiger partial charge >= 0.3 is 12.1 Å². The summed E-state index contributed by atoms with van der Waals surface area (Å²) in [6.45, 7) is 7.00. The zero-order chi connectivity index (χ0) is 18.8. The Labute approximate surface area is 140 Å². The van der Waals surface area contributed by atoms with E-state index in [1.54, 1.807) is 0 Å². The van der Waals surface area contributed by atoms with E-state index in [1.165, 1.54) is 0 Å². The van der Waals surface area contributed by atoms with E-state index in [1.807, 2.05) is 20.8 Å². The highest BCUT2D eigenvalue weighted by Gasteiger charge is 2.56. The molecule has 0 aromatic rings. The molecule has 1 heterocycles. The van der Waals surface area contributed by atoms with Gasteiger partial charge in [0.1, 0.15) is 9.84 Å². The van der Waals surface area contributed by atoms with Crippen LogP contribution >= 0.6 is 0 Å². The quantitative estimate of drug-likeness (QED) is 0.627. The van der Waals surface area contributed by atoms with Crippen LogP contribution in [0.2, 0.25) is 0 Å². The number of rotatable bonds is 7. The Hall–Kier alpha value is -0.440. The molecule has 0 aromatic carbocycles. The molecule has 1 aliphatic heterocycles. The SMILES string of the molecule is CC(C)(C)N1CCC[C@@H]1CCS(=O)(=O)CCCC(F)(F)C(F)(F)F. The van der Waals surface area contributed by atoms with E-state index in [4.69, 9.17) is 0 Å². The number of halogens is 5. The molecule has 0 unspecified atom stereocenters. The van der Waals surface area contributed by atoms with Gasteiger partial charge in [0.25, 0.3) is 0 Å². The van der Waals surface area contributed by atoms with E-state index < -0.39 is 40.5 Å². The molecular weight excluding hydrogens is 353 g/mol. The number of hydrogen-bond donors (Lipinski definition) is 0. The summed E-state index contributed by atoms with van der Waals surface area (Å²) in [5, 5.41) is 0. The van der Waals surface area contributed by atoms with Crippen molar-refractivity contribution in [1.82, 2.24) is 4.90 Å². The van der Waals surface area contributed by atoms with Crippen LogP contribution < -0.4 is 0 Å². The highest BCUT2D eigenvalue weighted by molar-refractivity contribution is 7.91. The van der Waals surface area contributed by atoms with Crippen molar-refractivity contribution in [3.63, 3.8) is 0 Å². The topological polar surface area (TPSA) is 37.4 Å². The van der Waals surface area contributed by atoms with Crippen LogP contribution in [0.1, 0.15) is 52.9 Å². The molecule has 3 nitrogen and oxygen atoms in total. The molecule has 144 valence electrons. The van der Waals surface area contributed by atoms with Gasteiger partial charge in [-0.25, -0.2) is 8.42 Å². The molecule has 0 radical (unpaired) electrons. The lowest BCUT2D eigenvalue weighted by atomic mass is 10.0. The minimum Gasteiger partial charge on any atom is -0.296 e. The standard InChI is InChI=1S/C15H26F5NO2S/c1-13(2,3)21-9-4-6-12(21)7-11-24(22,23)10-5-8-14(16,17)15(18,19)20/h12H,4-11H2,1-3H3/t12-/m1/s1. The van der Waals surface area contributed by atoms with E-state index in [2.05, 4.69) is 4.90 Å². The predicted molar refractivity (Wildman–Crippen MR) is 83.0 cm³/mol. The van der Waals surface area contributed by atoms with Gasteiger partial charge in [-0.1, -0.05) is 0 Å². The van der Waals surface area contributed by atoms with Crippen LogP contribution in [0, 0.1) is 0 Å². The second-order valence-electron chi connectivity index (χ2n) is 7.41. The maximum atomic E-state index is 12.8. The van der Waals surface area contributed by atoms with Crippen LogP contribution in [0.5, 0.6) is 0 Å². The van der Waals surface area contributed by atoms with Gasteiger partial charge < -0.3 is 0 Å². The minimum atomic E-state index is -5.63. The van der Waals surface area contributed by atoms with E-state index in [0.717, 1.165) is 19.4 Å². The second kappa shape index (κ2) is 7.43. The normalized spacial score (nSPS) is 21.4. The van der Waals surface area contributed by atoms with Crippen molar-refractivity contribution in [1.29, 1.82) is 0 Å². The van der Waals surface area contributed by atoms with Gasteiger partial charge in [-0.05, 0) is 53.0 Å². The van der Waals surface area contributed by atoms with Crippen molar-refractivity contribution in [2.75, 3.05) is 18.1 Å². The first kappa shape index (κ1) is 21.6. The smallest absolute Gasteiger partial charge is 0.296 e. The van der Waals surface area contributed by atoms with Crippen molar-refractivity contribution in [3.05, 3.63) is 0 Å². The monoisotopic (exact) mass is 379 g/mol. The molecule has 0 aliphatic carbocycles. The third kappa shape index (κ3) is 6.13. The third-order valence-electron chi connectivity index (χ3n) is 4.36. The fourth-order valence-corrected chi connectivity index (χ4v) is 4.51. The maximum absolute atomic E-state index is 12.8. The summed E-state index contributed by atoms with van der Waals surface area (Å²) in [4.78, 5) is 2.22. The van der Waals surface area contributed by atoms with Crippen molar-refractivity contribution in [3.8, 4) is 0 Å². The van der Waals surface area contributed by atoms with E-state index in [-0.39, 0.29) is 17.3 Å². The zero-order valence-corrected chi connectivity index (χ0v) is 15.1. The van der Waals surface area contributed by atoms with Crippen molar-refractivity contribution in [2.45, 2.75) is 76.6 Å². The second-order valence-corrected chi connectivity index (χ2v) is 9.71. The molecule has 0 aromatic heterocycles. The van der Waals surface area contributed by atoms with Crippen LogP contribution in [-0.4, -0.2) is 55.0 Å². The van der Waals surface area contributed by atoms with Gasteiger partial charge in [0, 0.05) is 18.0 Å². The Morgan fingerprint density at radius 2 is 1.62 bits per heavy atom. The fraction of sp³-hybridized carbons (Fsp3) is 1.00. The molecule has 1 aliphatic rings. The summed E-state index contributed by atoms with van der Waals surface area (Å²) in [6, 6.07) is 0.108. The molecule has 9 heteroatoms. The van der Waals surface area contributed by atoms with Crippen molar-refractivity contribution in [2.24, 2.45) is 0 Å². The van der Waals surface area contributed by atoms with E-state index in [0.29, 0.717) is 6.42 Å². The number of likely N-dealkylation sites (tertiary alicyclic amines) is 1. The summed E-state index contributed by atoms with van der Waals surface area (Å²) in [7, 11) is -3.63. The molecule has 0 bridgehead atoms. The number of sulfone groups is 1. The first-order valence-electron chi connectivity index (χ1n) is 8.07. The van der Waals surface area contributed by atoms with Gasteiger partial charge in [-0.15, -0.1) is 0 Å². The largest absolute Gasteiger partial charge is 0.453 e. The van der Waals surface area contributed by atoms with Crippen molar-refractivity contribution >= 4 is 9.84 Å². The molecule has 0 amide bonds. The molecule has 0 saturated carbocycles. The summed E-state index contributed by atoms with van der Waals surface area (Å²) >= 11 is 0. The van der Waals surface area contributed by atoms with Crippen LogP contribution in [0.4, 0.5) is 22.0 Å². The number of alkyl halides is 5. The van der Waals surface area contributed by atoms with Crippen LogP contribution in [0.15, 0.2) is 0 Å². The van der Waals surface area contributed by atoms with Gasteiger partial charge in [-0.3, -0.25) is 4.90 Å². The third-order valence-corrected chi connectivity index (χ3v) is 6.13. The summed E-state index contributed by atoms with van der Waals surface area (Å²) < 4.78 is 85.6. The molecule has 1 rings (SSSR count). The molecule has 1 fully saturated rings. The lowest BCUT2D eigenvalue weighted by Crippen LogP contribution is -2.45. The number of nitrogens with zero attached hydrogens (tertiary/aromatic N) is 1. The van der Waals surface area contributed by atoms with E-state index >= 15 is 0 Å². The average Bonchev–Trinajstić information content (AvgIpc) is 2.82. The average molecular weight is 379 g/mol. The zero-order valence-electron chi connectivity index (χ0n) is 14.3. The van der Waals surface area contributed by atoms with Crippen LogP contribution in [0.25, 0.3) is 0 Å². The molecule has 24 heavy (non-hydrogen) atoms. The molecule has 1 saturated heterocycles. The Kier molecular flexibility index (Phi) is 6.69. The van der Waals surface area contributed by atoms with Gasteiger partial charge in [-0.2, -0.15) is 22.0 Å². The highest BCUT2D eigenvalue weighted by Crippen LogP contribution is 2.39. The van der Waals surface area contributed by atoms with Gasteiger partial charge in [0.2, 0.25) is 0 Å². The predicted octanol–water partition coefficient (Wildman–Crippen LogP) is 4.03. The lowest BCUT2D eigenvalue weighted by molar-refractivity contribution is -0.284. The fourth-order valence-electron chi connectivity index (χ4n) is 3.09. The molecular formula is C15H26F5NO2S. The van der Waals surface area contributed by atoms with Crippen LogP contribution in [0.3, 0.4) is 0 Å². The Bertz CT molecular complexity index is 511. The summed E-state index contributed by atoms with van der Waals surface area (Å²) in [5.41, 5.74) is -0.0836. The lowest BCUT2D eigenvalue weighted by Gasteiger charge is -2.37. The van der Waals surface area contributed by atoms with Gasteiger partial charge in [0.15, 0.2) is 0 Å². The van der Waals surface area contributed by atoms with Gasteiger partial charge in [0.05, 0.1) is 11.5 Å². The number of hydrogen-bond acceptors (Lipinski definition) is 3. The maximum Gasteiger partial charge on any atom is 0.453 e. The Balaban J connectivity index is 2.48. The van der Waals surface area contributed by atoms with Crippen LogP contribution in [-0.2, 0) is 9.84 Å². The first-order valence-corrected chi connectivity index (χ1v) is 9.90. The summed E-state index contributed by atoms with van der Waals surface area (Å²) in [5.74, 6) is -5.65. The summed E-state index contributed by atoms with van der Waals surface area (Å²) in [6.07, 6.45) is -5.59. The first-order chi connectivity index (χ1) is 10.7. The molecule has 0 spiro atoms. The van der Waals surface area contributed by atoms with Crippen molar-refractivity contribution < 1.29 is 30.4 Å². The molecule has 0 N–H and O–H groups in total. The van der Waals surface area contributed by atoms with E-state index in [9.17, 15) is 30.4 Å². The molecule has 1 atom stereocenters. The Morgan fingerprint density at radius 3 is 2.12 bits per heavy atom. The minimum absolute atomic E-state index is 0.0836. The Morgan fingerprint density at radius 1 is 1.04 bits per heavy atom. The highest BCUT2D eigenvalue weighted by atomic mass is 32.2.